The third kappa shape index (κ3) is 4.06. The zero-order chi connectivity index (χ0) is 20.2. The summed E-state index contributed by atoms with van der Waals surface area (Å²) >= 11 is 0. The molecule has 4 rings (SSSR count). The molecule has 0 fully saturated rings. The zero-order valence-electron chi connectivity index (χ0n) is 16.2. The highest BCUT2D eigenvalue weighted by Crippen LogP contribution is 2.30. The molecule has 3 aromatic rings. The summed E-state index contributed by atoms with van der Waals surface area (Å²) in [6.45, 7) is 1.93. The normalized spacial score (nSPS) is 14.8. The third-order valence-electron chi connectivity index (χ3n) is 4.66. The van der Waals surface area contributed by atoms with Crippen LogP contribution in [0, 0.1) is 6.92 Å². The van der Waals surface area contributed by atoms with Gasteiger partial charge >= 0.3 is 5.97 Å². The van der Waals surface area contributed by atoms with Crippen LogP contribution < -0.4 is 15.5 Å². The molecule has 1 unspecified atom stereocenters. The van der Waals surface area contributed by atoms with Gasteiger partial charge in [-0.15, -0.1) is 0 Å². The van der Waals surface area contributed by atoms with Crippen molar-refractivity contribution in [3.63, 3.8) is 0 Å². The molecule has 0 saturated heterocycles. The molecule has 6 nitrogen and oxygen atoms in total. The number of fused-ring (bicyclic) bond motifs is 1. The first-order valence-electron chi connectivity index (χ1n) is 9.25. The van der Waals surface area contributed by atoms with E-state index in [2.05, 4.69) is 10.8 Å². The maximum atomic E-state index is 12.4. The average Bonchev–Trinajstić information content (AvgIpc) is 2.77. The van der Waals surface area contributed by atoms with Gasteiger partial charge in [0, 0.05) is 11.3 Å². The predicted octanol–water partition coefficient (Wildman–Crippen LogP) is 4.24. The van der Waals surface area contributed by atoms with Gasteiger partial charge in [-0.25, -0.2) is 9.79 Å². The molecule has 1 atom stereocenters. The highest BCUT2D eigenvalue weighted by Gasteiger charge is 2.22. The number of aliphatic imine (C=N–C) groups is 1. The maximum absolute atomic E-state index is 12.4. The number of amidine groups is 1. The number of nitrogens with one attached hydrogen (secondary N) is 2. The van der Waals surface area contributed by atoms with Gasteiger partial charge in [-0.2, -0.15) is 5.48 Å². The minimum atomic E-state index is -0.464. The van der Waals surface area contributed by atoms with E-state index in [-0.39, 0.29) is 6.17 Å². The van der Waals surface area contributed by atoms with E-state index in [4.69, 9.17) is 14.6 Å². The number of benzene rings is 3. The number of hydrogen-bond acceptors (Lipinski definition) is 6. The van der Waals surface area contributed by atoms with Crippen LogP contribution in [0.15, 0.2) is 77.8 Å². The van der Waals surface area contributed by atoms with Crippen molar-refractivity contribution >= 4 is 17.5 Å². The number of aryl methyl sites for hydroxylation is 1. The number of hydroxylamine groups is 1. The minimum absolute atomic E-state index is 0.323. The number of nitrogens with zero attached hydrogens (tertiary/aromatic N) is 1. The maximum Gasteiger partial charge on any atom is 0.362 e. The first-order chi connectivity index (χ1) is 14.1. The van der Waals surface area contributed by atoms with E-state index in [9.17, 15) is 4.79 Å². The van der Waals surface area contributed by atoms with E-state index in [0.717, 1.165) is 28.1 Å². The van der Waals surface area contributed by atoms with Gasteiger partial charge in [0.15, 0.2) is 5.84 Å². The number of carbonyl (C=O) groups is 1. The molecule has 6 heteroatoms. The Morgan fingerprint density at radius 1 is 1.03 bits per heavy atom. The Bertz CT molecular complexity index is 1060. The van der Waals surface area contributed by atoms with Gasteiger partial charge in [0.2, 0.25) is 0 Å². The minimum Gasteiger partial charge on any atom is -0.497 e. The lowest BCUT2D eigenvalue weighted by atomic mass is 10.1. The molecule has 0 saturated carbocycles. The molecule has 0 amide bonds. The lowest BCUT2D eigenvalue weighted by Crippen LogP contribution is -2.32. The highest BCUT2D eigenvalue weighted by atomic mass is 16.7. The van der Waals surface area contributed by atoms with Gasteiger partial charge in [-0.1, -0.05) is 42.0 Å². The second-order valence-corrected chi connectivity index (χ2v) is 6.70. The summed E-state index contributed by atoms with van der Waals surface area (Å²) in [6, 6.07) is 22.7. The van der Waals surface area contributed by atoms with Crippen LogP contribution in [-0.4, -0.2) is 18.9 Å². The molecule has 3 aromatic carbocycles. The quantitative estimate of drug-likeness (QED) is 0.658. The molecule has 0 bridgehead atoms. The Kier molecular flexibility index (Phi) is 5.16. The second kappa shape index (κ2) is 8.06. The van der Waals surface area contributed by atoms with Crippen molar-refractivity contribution in [3.8, 4) is 5.75 Å². The van der Waals surface area contributed by atoms with Gasteiger partial charge in [0.05, 0.1) is 12.7 Å². The van der Waals surface area contributed by atoms with Gasteiger partial charge in [0.1, 0.15) is 11.9 Å². The van der Waals surface area contributed by atoms with E-state index >= 15 is 0 Å². The first-order valence-corrected chi connectivity index (χ1v) is 9.25. The number of rotatable bonds is 3. The first kappa shape index (κ1) is 18.6. The number of ether oxygens (including phenoxy) is 1. The third-order valence-corrected chi connectivity index (χ3v) is 4.66. The van der Waals surface area contributed by atoms with E-state index < -0.39 is 5.97 Å². The van der Waals surface area contributed by atoms with Crippen LogP contribution in [0.5, 0.6) is 5.75 Å². The summed E-state index contributed by atoms with van der Waals surface area (Å²) in [5.41, 5.74) is 6.91. The number of carbonyl (C=O) groups excluding carboxylic acids is 1. The molecule has 29 heavy (non-hydrogen) atoms. The molecule has 1 aliphatic heterocycles. The molecule has 0 spiro atoms. The predicted molar refractivity (Wildman–Crippen MR) is 112 cm³/mol. The standard InChI is InChI=1S/C23H21N3O3/c1-15-6-5-7-17(14-15)23(27)29-26-22-19-8-3-4-9-20(19)24-21(25-22)16-10-12-18(28-2)13-11-16/h3-14,21,24H,1-2H3,(H,25,26). The zero-order valence-corrected chi connectivity index (χ0v) is 16.2. The van der Waals surface area contributed by atoms with E-state index in [1.807, 2.05) is 67.6 Å². The van der Waals surface area contributed by atoms with Crippen LogP contribution in [0.25, 0.3) is 0 Å². The van der Waals surface area contributed by atoms with Crippen molar-refractivity contribution in [2.45, 2.75) is 13.1 Å². The summed E-state index contributed by atoms with van der Waals surface area (Å²) in [4.78, 5) is 22.4. The Morgan fingerprint density at radius 3 is 2.59 bits per heavy atom. The number of anilines is 1. The molecule has 1 aliphatic rings. The summed E-state index contributed by atoms with van der Waals surface area (Å²) < 4.78 is 5.22. The average molecular weight is 387 g/mol. The van der Waals surface area contributed by atoms with E-state index in [1.165, 1.54) is 0 Å². The largest absolute Gasteiger partial charge is 0.497 e. The topological polar surface area (TPSA) is 71.9 Å². The summed E-state index contributed by atoms with van der Waals surface area (Å²) in [5.74, 6) is 0.800. The molecule has 0 aromatic heterocycles. The van der Waals surface area contributed by atoms with Crippen LogP contribution in [0.3, 0.4) is 0 Å². The fraction of sp³-hybridized carbons (Fsp3) is 0.130. The monoisotopic (exact) mass is 387 g/mol. The van der Waals surface area contributed by atoms with Crippen molar-refractivity contribution in [1.29, 1.82) is 0 Å². The molecular formula is C23H21N3O3. The number of para-hydroxylation sites is 1. The van der Waals surface area contributed by atoms with Crippen LogP contribution in [0.4, 0.5) is 5.69 Å². The summed E-state index contributed by atoms with van der Waals surface area (Å²) in [5, 5.41) is 3.40. The molecule has 0 aliphatic carbocycles. The SMILES string of the molecule is COc1ccc(C2N=C(NOC(=O)c3cccc(C)c3)c3ccccc3N2)cc1. The molecule has 146 valence electrons. The van der Waals surface area contributed by atoms with Crippen molar-refractivity contribution in [2.24, 2.45) is 4.99 Å². The number of methoxy groups -OCH3 is 1. The van der Waals surface area contributed by atoms with Crippen LogP contribution in [0.1, 0.15) is 33.2 Å². The van der Waals surface area contributed by atoms with Crippen LogP contribution >= 0.6 is 0 Å². The lowest BCUT2D eigenvalue weighted by molar-refractivity contribution is 0.0386. The van der Waals surface area contributed by atoms with Gasteiger partial charge in [-0.05, 0) is 48.9 Å². The molecule has 2 N–H and O–H groups in total. The Morgan fingerprint density at radius 2 is 1.83 bits per heavy atom. The Hall–Kier alpha value is -3.80. The Balaban J connectivity index is 1.58. The molecule has 1 heterocycles. The van der Waals surface area contributed by atoms with Crippen molar-refractivity contribution < 1.29 is 14.4 Å². The summed E-state index contributed by atoms with van der Waals surface area (Å²) in [7, 11) is 1.63. The van der Waals surface area contributed by atoms with E-state index in [1.54, 1.807) is 19.2 Å². The summed E-state index contributed by atoms with van der Waals surface area (Å²) in [6.07, 6.45) is -0.323. The second-order valence-electron chi connectivity index (χ2n) is 6.70. The smallest absolute Gasteiger partial charge is 0.362 e. The molecule has 0 radical (unpaired) electrons. The fourth-order valence-electron chi connectivity index (χ4n) is 3.14. The van der Waals surface area contributed by atoms with Crippen molar-refractivity contribution in [1.82, 2.24) is 5.48 Å². The van der Waals surface area contributed by atoms with Crippen molar-refractivity contribution in [3.05, 3.63) is 95.1 Å². The highest BCUT2D eigenvalue weighted by molar-refractivity contribution is 6.05. The van der Waals surface area contributed by atoms with Crippen LogP contribution in [0.2, 0.25) is 0 Å². The number of hydrogen-bond donors (Lipinski definition) is 2. The lowest BCUT2D eigenvalue weighted by Gasteiger charge is -2.26. The Labute approximate surface area is 169 Å². The van der Waals surface area contributed by atoms with Gasteiger partial charge < -0.3 is 14.9 Å². The van der Waals surface area contributed by atoms with Crippen molar-refractivity contribution in [2.75, 3.05) is 12.4 Å². The van der Waals surface area contributed by atoms with Crippen LogP contribution in [-0.2, 0) is 4.84 Å². The van der Waals surface area contributed by atoms with E-state index in [0.29, 0.717) is 11.4 Å². The molecular weight excluding hydrogens is 366 g/mol. The van der Waals surface area contributed by atoms with Gasteiger partial charge in [-0.3, -0.25) is 0 Å². The van der Waals surface area contributed by atoms with Gasteiger partial charge in [0.25, 0.3) is 0 Å². The fourth-order valence-corrected chi connectivity index (χ4v) is 3.14.